The van der Waals surface area contributed by atoms with E-state index in [1.54, 1.807) is 0 Å². The van der Waals surface area contributed by atoms with Gasteiger partial charge >= 0.3 is 0 Å². The first kappa shape index (κ1) is 14.5. The van der Waals surface area contributed by atoms with Gasteiger partial charge in [-0.1, -0.05) is 24.3 Å². The number of amides is 1. The first-order chi connectivity index (χ1) is 11.8. The summed E-state index contributed by atoms with van der Waals surface area (Å²) >= 11 is 0. The lowest BCUT2D eigenvalue weighted by Gasteiger charge is -2.03. The molecule has 3 aromatic heterocycles. The zero-order valence-corrected chi connectivity index (χ0v) is 13.2. The number of carbonyl (C=O) groups is 1. The number of H-pyrrole nitrogens is 1. The number of rotatable bonds is 5. The van der Waals surface area contributed by atoms with Crippen LogP contribution in [0.25, 0.3) is 16.6 Å². The highest BCUT2D eigenvalue weighted by atomic mass is 16.1. The summed E-state index contributed by atoms with van der Waals surface area (Å²) in [6.45, 7) is 0.453. The summed E-state index contributed by atoms with van der Waals surface area (Å²) in [5.41, 5.74) is 4.04. The van der Waals surface area contributed by atoms with Crippen molar-refractivity contribution < 1.29 is 4.79 Å². The highest BCUT2D eigenvalue weighted by Crippen LogP contribution is 2.18. The third-order valence-electron chi connectivity index (χ3n) is 4.18. The van der Waals surface area contributed by atoms with E-state index in [0.717, 1.165) is 23.3 Å². The Kier molecular flexibility index (Phi) is 3.75. The van der Waals surface area contributed by atoms with Gasteiger partial charge in [0, 0.05) is 35.9 Å². The smallest absolute Gasteiger partial charge is 0.220 e. The Morgan fingerprint density at radius 3 is 2.96 bits per heavy atom. The number of imidazole rings is 1. The molecule has 0 unspecified atom stereocenters. The highest BCUT2D eigenvalue weighted by molar-refractivity contribution is 5.84. The average molecular weight is 318 g/mol. The van der Waals surface area contributed by atoms with Crippen LogP contribution in [-0.4, -0.2) is 20.3 Å². The van der Waals surface area contributed by atoms with Crippen LogP contribution in [0.2, 0.25) is 0 Å². The van der Waals surface area contributed by atoms with Crippen molar-refractivity contribution in [3.8, 4) is 0 Å². The molecule has 0 aliphatic rings. The number of nitrogens with one attached hydrogen (secondary N) is 2. The van der Waals surface area contributed by atoms with Gasteiger partial charge in [0.15, 0.2) is 0 Å². The van der Waals surface area contributed by atoms with Gasteiger partial charge in [0.25, 0.3) is 0 Å². The number of aryl methyl sites for hydroxylation is 1. The summed E-state index contributed by atoms with van der Waals surface area (Å²) in [5, 5.41) is 4.13. The van der Waals surface area contributed by atoms with Gasteiger partial charge in [-0.25, -0.2) is 4.98 Å². The molecule has 0 aliphatic heterocycles. The number of nitrogens with zero attached hydrogens (tertiary/aromatic N) is 2. The van der Waals surface area contributed by atoms with Crippen LogP contribution in [0, 0.1) is 0 Å². The van der Waals surface area contributed by atoms with Crippen LogP contribution in [0.4, 0.5) is 0 Å². The second-order valence-electron chi connectivity index (χ2n) is 5.83. The Bertz CT molecular complexity index is 966. The van der Waals surface area contributed by atoms with Gasteiger partial charge in [-0.2, -0.15) is 0 Å². The van der Waals surface area contributed by atoms with Gasteiger partial charge in [0.2, 0.25) is 5.91 Å². The highest BCUT2D eigenvalue weighted by Gasteiger charge is 2.07. The monoisotopic (exact) mass is 318 g/mol. The minimum atomic E-state index is 0.0392. The summed E-state index contributed by atoms with van der Waals surface area (Å²) in [4.78, 5) is 19.8. The van der Waals surface area contributed by atoms with Crippen molar-refractivity contribution in [2.24, 2.45) is 0 Å². The van der Waals surface area contributed by atoms with Crippen LogP contribution in [0.3, 0.4) is 0 Å². The molecule has 0 radical (unpaired) electrons. The molecule has 0 aliphatic carbocycles. The molecule has 0 saturated carbocycles. The second-order valence-corrected chi connectivity index (χ2v) is 5.83. The molecule has 1 aromatic carbocycles. The number of carbonyl (C=O) groups excluding carboxylic acids is 1. The molecule has 1 amide bonds. The van der Waals surface area contributed by atoms with Crippen LogP contribution in [-0.2, 0) is 17.8 Å². The molecule has 4 rings (SSSR count). The largest absolute Gasteiger partial charge is 0.361 e. The van der Waals surface area contributed by atoms with Crippen LogP contribution in [0.5, 0.6) is 0 Å². The van der Waals surface area contributed by atoms with E-state index in [-0.39, 0.29) is 5.91 Å². The number of hydrogen-bond donors (Lipinski definition) is 2. The molecule has 4 aromatic rings. The Labute approximate surface area is 139 Å². The van der Waals surface area contributed by atoms with E-state index in [2.05, 4.69) is 21.4 Å². The molecule has 24 heavy (non-hydrogen) atoms. The lowest BCUT2D eigenvalue weighted by molar-refractivity contribution is -0.121. The molecule has 0 fully saturated rings. The quantitative estimate of drug-likeness (QED) is 0.594. The van der Waals surface area contributed by atoms with E-state index in [4.69, 9.17) is 0 Å². The van der Waals surface area contributed by atoms with E-state index in [1.807, 2.05) is 59.4 Å². The minimum absolute atomic E-state index is 0.0392. The lowest BCUT2D eigenvalue weighted by atomic mass is 10.1. The molecular formula is C19H18N4O. The standard InChI is InChI=1S/C19H18N4O/c24-19(9-8-14-11-20-17-6-2-1-5-16(14)17)21-12-15-13-23-10-4-3-7-18(23)22-15/h1-7,10-11,13,20H,8-9,12H2,(H,21,24). The third-order valence-corrected chi connectivity index (χ3v) is 4.18. The lowest BCUT2D eigenvalue weighted by Crippen LogP contribution is -2.23. The third kappa shape index (κ3) is 2.88. The maximum atomic E-state index is 12.1. The molecule has 0 atom stereocenters. The molecule has 5 nitrogen and oxygen atoms in total. The van der Waals surface area contributed by atoms with Gasteiger partial charge < -0.3 is 14.7 Å². The van der Waals surface area contributed by atoms with Crippen LogP contribution in [0.15, 0.2) is 61.1 Å². The molecule has 5 heteroatoms. The van der Waals surface area contributed by atoms with E-state index >= 15 is 0 Å². The topological polar surface area (TPSA) is 62.2 Å². The summed E-state index contributed by atoms with van der Waals surface area (Å²) in [7, 11) is 0. The molecule has 3 heterocycles. The molecule has 0 bridgehead atoms. The van der Waals surface area contributed by atoms with Crippen LogP contribution < -0.4 is 5.32 Å². The van der Waals surface area contributed by atoms with Crippen molar-refractivity contribution in [1.29, 1.82) is 0 Å². The predicted molar refractivity (Wildman–Crippen MR) is 93.7 cm³/mol. The Morgan fingerprint density at radius 1 is 1.17 bits per heavy atom. The Hall–Kier alpha value is -3.08. The fourth-order valence-corrected chi connectivity index (χ4v) is 2.94. The van der Waals surface area contributed by atoms with Gasteiger partial charge in [0.1, 0.15) is 5.65 Å². The van der Waals surface area contributed by atoms with Crippen molar-refractivity contribution in [2.45, 2.75) is 19.4 Å². The fourth-order valence-electron chi connectivity index (χ4n) is 2.94. The van der Waals surface area contributed by atoms with Crippen molar-refractivity contribution in [3.05, 3.63) is 72.3 Å². The summed E-state index contributed by atoms with van der Waals surface area (Å²) in [6, 6.07) is 14.0. The average Bonchev–Trinajstić information content (AvgIpc) is 3.21. The van der Waals surface area contributed by atoms with E-state index < -0.39 is 0 Å². The maximum Gasteiger partial charge on any atom is 0.220 e. The number of hydrogen-bond acceptors (Lipinski definition) is 2. The predicted octanol–water partition coefficient (Wildman–Crippen LogP) is 3.06. The van der Waals surface area contributed by atoms with Crippen molar-refractivity contribution in [2.75, 3.05) is 0 Å². The Morgan fingerprint density at radius 2 is 2.04 bits per heavy atom. The molecular weight excluding hydrogens is 300 g/mol. The van der Waals surface area contributed by atoms with E-state index in [0.29, 0.717) is 13.0 Å². The molecule has 0 spiro atoms. The zero-order valence-electron chi connectivity index (χ0n) is 13.2. The first-order valence-corrected chi connectivity index (χ1v) is 8.04. The number of benzene rings is 1. The Balaban J connectivity index is 1.35. The summed E-state index contributed by atoms with van der Waals surface area (Å²) in [6.07, 6.45) is 7.07. The van der Waals surface area contributed by atoms with Crippen LogP contribution >= 0.6 is 0 Å². The van der Waals surface area contributed by atoms with Crippen molar-refractivity contribution in [1.82, 2.24) is 19.7 Å². The van der Waals surface area contributed by atoms with Crippen molar-refractivity contribution in [3.63, 3.8) is 0 Å². The van der Waals surface area contributed by atoms with Gasteiger partial charge in [-0.3, -0.25) is 4.79 Å². The number of fused-ring (bicyclic) bond motifs is 2. The normalized spacial score (nSPS) is 11.2. The maximum absolute atomic E-state index is 12.1. The first-order valence-electron chi connectivity index (χ1n) is 8.04. The number of aromatic amines is 1. The van der Waals surface area contributed by atoms with Crippen LogP contribution in [0.1, 0.15) is 17.7 Å². The number of pyridine rings is 1. The zero-order chi connectivity index (χ0) is 16.4. The number of aromatic nitrogens is 3. The van der Waals surface area contributed by atoms with Gasteiger partial charge in [-0.15, -0.1) is 0 Å². The minimum Gasteiger partial charge on any atom is -0.361 e. The van der Waals surface area contributed by atoms with Gasteiger partial charge in [0.05, 0.1) is 12.2 Å². The van der Waals surface area contributed by atoms with E-state index in [9.17, 15) is 4.79 Å². The summed E-state index contributed by atoms with van der Waals surface area (Å²) < 4.78 is 1.95. The second kappa shape index (κ2) is 6.20. The molecule has 2 N–H and O–H groups in total. The summed E-state index contributed by atoms with van der Waals surface area (Å²) in [5.74, 6) is 0.0392. The fraction of sp³-hybridized carbons (Fsp3) is 0.158. The van der Waals surface area contributed by atoms with Gasteiger partial charge in [-0.05, 0) is 30.2 Å². The number of para-hydroxylation sites is 1. The van der Waals surface area contributed by atoms with Crippen molar-refractivity contribution >= 4 is 22.5 Å². The van der Waals surface area contributed by atoms with E-state index in [1.165, 1.54) is 10.9 Å². The SMILES string of the molecule is O=C(CCc1c[nH]c2ccccc12)NCc1cn2ccccc2n1. The molecule has 120 valence electrons. The molecule has 0 saturated heterocycles.